The van der Waals surface area contributed by atoms with Crippen LogP contribution in [-0.4, -0.2) is 39.9 Å². The Kier molecular flexibility index (Phi) is 6.47. The molecule has 258 valence electrons. The highest BCUT2D eigenvalue weighted by Gasteiger charge is 2.26. The number of fused-ring (bicyclic) bond motifs is 12. The van der Waals surface area contributed by atoms with Crippen molar-refractivity contribution in [2.75, 3.05) is 0 Å². The van der Waals surface area contributed by atoms with Crippen molar-refractivity contribution in [1.29, 1.82) is 0 Å². The molecule has 0 fully saturated rings. The van der Waals surface area contributed by atoms with Crippen molar-refractivity contribution in [3.63, 3.8) is 0 Å². The molecule has 0 amide bonds. The monoisotopic (exact) mass is 714 g/mol. The Bertz CT molecular complexity index is 3620. The van der Waals surface area contributed by atoms with Crippen LogP contribution in [0.2, 0.25) is 0 Å². The Balaban J connectivity index is 1.30. The SMILES string of the molecule is c1cc2c(ccc3cc(-c4nc(-c5nccc6ccc7cnccc7c56)c(-c5nccc6ccc7ccncc7c56)c5ccc6cnccc6c45)ncc32)cn1. The summed E-state index contributed by atoms with van der Waals surface area (Å²) >= 11 is 0. The van der Waals surface area contributed by atoms with E-state index in [0.29, 0.717) is 5.69 Å². The highest BCUT2D eigenvalue weighted by molar-refractivity contribution is 6.24. The summed E-state index contributed by atoms with van der Waals surface area (Å²) < 4.78 is 0. The van der Waals surface area contributed by atoms with E-state index in [9.17, 15) is 0 Å². The van der Waals surface area contributed by atoms with Gasteiger partial charge in [-0.3, -0.25) is 34.9 Å². The zero-order valence-corrected chi connectivity index (χ0v) is 29.6. The molecule has 12 aromatic rings. The lowest BCUT2D eigenvalue weighted by Crippen LogP contribution is -2.01. The standard InChI is InChI=1S/C48H26N8/c1-2-29-10-19-53-46(42(29)39-25-52-15-9-27(1)39)44-37-8-7-33-24-51-18-14-36(33)43(37)45(40-21-30-4-6-31-22-49-16-12-34(31)38(30)26-55-40)56-48(44)47-41-28(11-20-54-47)3-5-32-23-50-17-13-35(32)41/h1-26H. The van der Waals surface area contributed by atoms with Crippen LogP contribution in [0, 0.1) is 0 Å². The van der Waals surface area contributed by atoms with Crippen LogP contribution < -0.4 is 0 Å². The molecule has 4 aromatic carbocycles. The summed E-state index contributed by atoms with van der Waals surface area (Å²) in [6.45, 7) is 0. The van der Waals surface area contributed by atoms with E-state index >= 15 is 0 Å². The lowest BCUT2D eigenvalue weighted by atomic mass is 9.89. The Hall–Kier alpha value is -7.84. The Labute approximate surface area is 318 Å². The fourth-order valence-electron chi connectivity index (χ4n) is 8.56. The Morgan fingerprint density at radius 3 is 1.61 bits per heavy atom. The van der Waals surface area contributed by atoms with Gasteiger partial charge in [0.05, 0.1) is 22.8 Å². The lowest BCUT2D eigenvalue weighted by molar-refractivity contribution is 1.25. The molecular weight excluding hydrogens is 689 g/mol. The van der Waals surface area contributed by atoms with Crippen LogP contribution in [0.5, 0.6) is 0 Å². The maximum atomic E-state index is 5.75. The number of pyridine rings is 8. The number of benzene rings is 4. The molecule has 56 heavy (non-hydrogen) atoms. The van der Waals surface area contributed by atoms with Gasteiger partial charge in [-0.05, 0) is 85.6 Å². The molecule has 8 nitrogen and oxygen atoms in total. The van der Waals surface area contributed by atoms with E-state index < -0.39 is 0 Å². The second-order valence-electron chi connectivity index (χ2n) is 14.1. The molecule has 0 bridgehead atoms. The van der Waals surface area contributed by atoms with Crippen LogP contribution in [0.4, 0.5) is 0 Å². The molecule has 8 heteroatoms. The quantitative estimate of drug-likeness (QED) is 0.167. The van der Waals surface area contributed by atoms with Crippen molar-refractivity contribution in [2.24, 2.45) is 0 Å². The van der Waals surface area contributed by atoms with Crippen LogP contribution in [0.1, 0.15) is 0 Å². The van der Waals surface area contributed by atoms with Crippen LogP contribution in [0.3, 0.4) is 0 Å². The predicted molar refractivity (Wildman–Crippen MR) is 225 cm³/mol. The predicted octanol–water partition coefficient (Wildman–Crippen LogP) is 11.1. The first-order valence-electron chi connectivity index (χ1n) is 18.4. The van der Waals surface area contributed by atoms with Gasteiger partial charge in [-0.15, -0.1) is 0 Å². The summed E-state index contributed by atoms with van der Waals surface area (Å²) in [4.78, 5) is 39.2. The molecule has 0 saturated heterocycles. The van der Waals surface area contributed by atoms with Gasteiger partial charge in [0.1, 0.15) is 5.69 Å². The molecular formula is C48H26N8. The fraction of sp³-hybridized carbons (Fsp3) is 0. The van der Waals surface area contributed by atoms with Crippen molar-refractivity contribution in [3.05, 3.63) is 159 Å². The molecule has 0 aliphatic rings. The summed E-state index contributed by atoms with van der Waals surface area (Å²) in [5.74, 6) is 0. The van der Waals surface area contributed by atoms with Gasteiger partial charge < -0.3 is 0 Å². The van der Waals surface area contributed by atoms with Crippen molar-refractivity contribution < 1.29 is 0 Å². The van der Waals surface area contributed by atoms with Crippen molar-refractivity contribution in [3.8, 4) is 34.0 Å². The summed E-state index contributed by atoms with van der Waals surface area (Å²) in [6.07, 6.45) is 20.7. The number of aromatic nitrogens is 8. The first-order valence-corrected chi connectivity index (χ1v) is 18.4. The summed E-state index contributed by atoms with van der Waals surface area (Å²) in [7, 11) is 0. The third-order valence-corrected chi connectivity index (χ3v) is 11.1. The summed E-state index contributed by atoms with van der Waals surface area (Å²) in [5.41, 5.74) is 4.66. The van der Waals surface area contributed by atoms with Crippen molar-refractivity contribution >= 4 is 86.2 Å². The van der Waals surface area contributed by atoms with Crippen LogP contribution in [0.15, 0.2) is 159 Å². The molecule has 8 heterocycles. The van der Waals surface area contributed by atoms with Gasteiger partial charge in [0, 0.05) is 117 Å². The van der Waals surface area contributed by atoms with Gasteiger partial charge in [-0.25, -0.2) is 4.98 Å². The van der Waals surface area contributed by atoms with E-state index in [0.717, 1.165) is 115 Å². The third kappa shape index (κ3) is 4.47. The molecule has 0 aliphatic heterocycles. The molecule has 0 spiro atoms. The van der Waals surface area contributed by atoms with E-state index in [-0.39, 0.29) is 0 Å². The molecule has 8 aromatic heterocycles. The number of hydrogen-bond acceptors (Lipinski definition) is 8. The van der Waals surface area contributed by atoms with Crippen LogP contribution >= 0.6 is 0 Å². The molecule has 0 aliphatic carbocycles. The Morgan fingerprint density at radius 2 is 0.839 bits per heavy atom. The van der Waals surface area contributed by atoms with Gasteiger partial charge in [0.25, 0.3) is 0 Å². The molecule has 0 radical (unpaired) electrons. The minimum atomic E-state index is 0.711. The van der Waals surface area contributed by atoms with Crippen LogP contribution in [0.25, 0.3) is 120 Å². The average Bonchev–Trinajstić information content (AvgIpc) is 3.27. The minimum Gasteiger partial charge on any atom is -0.264 e. The number of rotatable bonds is 3. The zero-order valence-electron chi connectivity index (χ0n) is 29.6. The number of hydrogen-bond donors (Lipinski definition) is 0. The van der Waals surface area contributed by atoms with E-state index in [1.54, 1.807) is 0 Å². The van der Waals surface area contributed by atoms with Gasteiger partial charge in [0.2, 0.25) is 0 Å². The third-order valence-electron chi connectivity index (χ3n) is 11.1. The minimum absolute atomic E-state index is 0.711. The van der Waals surface area contributed by atoms with Crippen LogP contribution in [-0.2, 0) is 0 Å². The van der Waals surface area contributed by atoms with E-state index in [1.165, 1.54) is 0 Å². The molecule has 12 rings (SSSR count). The average molecular weight is 715 g/mol. The summed E-state index contributed by atoms with van der Waals surface area (Å²) in [5, 5.41) is 16.5. The molecule has 0 atom stereocenters. The maximum Gasteiger partial charge on any atom is 0.100 e. The fourth-order valence-corrected chi connectivity index (χ4v) is 8.56. The zero-order chi connectivity index (χ0) is 36.7. The first-order chi connectivity index (χ1) is 27.8. The Morgan fingerprint density at radius 1 is 0.286 bits per heavy atom. The van der Waals surface area contributed by atoms with Gasteiger partial charge in [-0.1, -0.05) is 48.5 Å². The topological polar surface area (TPSA) is 103 Å². The van der Waals surface area contributed by atoms with E-state index in [4.69, 9.17) is 19.9 Å². The second-order valence-corrected chi connectivity index (χ2v) is 14.1. The van der Waals surface area contributed by atoms with E-state index in [1.807, 2.05) is 80.3 Å². The maximum absolute atomic E-state index is 5.75. The lowest BCUT2D eigenvalue weighted by Gasteiger charge is -2.20. The highest BCUT2D eigenvalue weighted by Crippen LogP contribution is 2.47. The van der Waals surface area contributed by atoms with Gasteiger partial charge in [0.15, 0.2) is 0 Å². The molecule has 0 saturated carbocycles. The van der Waals surface area contributed by atoms with Gasteiger partial charge >= 0.3 is 0 Å². The van der Waals surface area contributed by atoms with E-state index in [2.05, 4.69) is 98.8 Å². The normalized spacial score (nSPS) is 11.9. The molecule has 0 N–H and O–H groups in total. The second kappa shape index (κ2) is 11.8. The summed E-state index contributed by atoms with van der Waals surface area (Å²) in [6, 6.07) is 31.6. The van der Waals surface area contributed by atoms with Crippen molar-refractivity contribution in [1.82, 2.24) is 39.9 Å². The smallest absolute Gasteiger partial charge is 0.100 e. The first kappa shape index (κ1) is 30.6. The van der Waals surface area contributed by atoms with Gasteiger partial charge in [-0.2, -0.15) is 0 Å². The highest BCUT2D eigenvalue weighted by atomic mass is 14.8. The molecule has 0 unspecified atom stereocenters. The van der Waals surface area contributed by atoms with Crippen molar-refractivity contribution in [2.45, 2.75) is 0 Å². The largest absolute Gasteiger partial charge is 0.264 e. The number of nitrogens with zero attached hydrogens (tertiary/aromatic N) is 8.